The van der Waals surface area contributed by atoms with Crippen LogP contribution < -0.4 is 10.6 Å². The fourth-order valence-electron chi connectivity index (χ4n) is 5.37. The van der Waals surface area contributed by atoms with Crippen LogP contribution in [-0.2, 0) is 14.4 Å². The monoisotopic (exact) mass is 485 g/mol. The standard InChI is InChI=1S/C26H39N5O4/c1-5-26(16-32)12-21(24(35)30-18-7-6-9-25(3,4)11-18)31(15-26)22(34)14-29-20-13-28-10-8-19(20)23(27)17(2)33/h8,10,13,18,21,27,29,32H,5-7,9,11-12,14-16H2,1-4H3,(H,30,35). The van der Waals surface area contributed by atoms with Crippen molar-refractivity contribution in [2.45, 2.75) is 78.3 Å². The molecule has 1 saturated carbocycles. The van der Waals surface area contributed by atoms with E-state index in [1.807, 2.05) is 6.92 Å². The molecule has 35 heavy (non-hydrogen) atoms. The van der Waals surface area contributed by atoms with Crippen LogP contribution in [0.2, 0.25) is 0 Å². The molecule has 1 aromatic rings. The molecule has 1 aliphatic heterocycles. The number of anilines is 1. The van der Waals surface area contributed by atoms with Crippen molar-refractivity contribution >= 4 is 29.0 Å². The third kappa shape index (κ3) is 6.25. The van der Waals surface area contributed by atoms with Crippen molar-refractivity contribution in [2.24, 2.45) is 10.8 Å². The van der Waals surface area contributed by atoms with Gasteiger partial charge in [-0.1, -0.05) is 27.2 Å². The first-order chi connectivity index (χ1) is 16.5. The van der Waals surface area contributed by atoms with Crippen LogP contribution in [0, 0.1) is 16.2 Å². The number of Topliss-reactive ketones (excluding diaryl/α,β-unsaturated/α-hetero) is 1. The lowest BCUT2D eigenvalue weighted by Gasteiger charge is -2.36. The highest BCUT2D eigenvalue weighted by Crippen LogP contribution is 2.39. The molecule has 4 N–H and O–H groups in total. The van der Waals surface area contributed by atoms with E-state index in [0.717, 1.165) is 25.7 Å². The van der Waals surface area contributed by atoms with E-state index in [2.05, 4.69) is 29.5 Å². The van der Waals surface area contributed by atoms with Gasteiger partial charge in [0.2, 0.25) is 11.8 Å². The Labute approximate surface area is 207 Å². The average Bonchev–Trinajstić information content (AvgIpc) is 3.22. The smallest absolute Gasteiger partial charge is 0.243 e. The van der Waals surface area contributed by atoms with Crippen molar-refractivity contribution < 1.29 is 19.5 Å². The minimum Gasteiger partial charge on any atom is -0.396 e. The summed E-state index contributed by atoms with van der Waals surface area (Å²) in [6, 6.07) is 0.996. The third-order valence-electron chi connectivity index (χ3n) is 7.64. The van der Waals surface area contributed by atoms with Gasteiger partial charge in [-0.3, -0.25) is 24.8 Å². The summed E-state index contributed by atoms with van der Waals surface area (Å²) >= 11 is 0. The number of carbonyl (C=O) groups excluding carboxylic acids is 3. The first kappa shape index (κ1) is 26.8. The third-order valence-corrected chi connectivity index (χ3v) is 7.64. The number of likely N-dealkylation sites (tertiary alicyclic amines) is 1. The van der Waals surface area contributed by atoms with Crippen LogP contribution in [-0.4, -0.2) is 70.1 Å². The minimum absolute atomic E-state index is 0.0858. The number of pyridine rings is 1. The Morgan fingerprint density at radius 1 is 1.29 bits per heavy atom. The van der Waals surface area contributed by atoms with Crippen molar-refractivity contribution in [3.8, 4) is 0 Å². The van der Waals surface area contributed by atoms with Gasteiger partial charge in [0.25, 0.3) is 0 Å². The molecule has 9 nitrogen and oxygen atoms in total. The van der Waals surface area contributed by atoms with Crippen LogP contribution in [0.1, 0.15) is 71.8 Å². The van der Waals surface area contributed by atoms with Gasteiger partial charge in [0.15, 0.2) is 5.78 Å². The largest absolute Gasteiger partial charge is 0.396 e. The molecule has 2 amide bonds. The number of ketones is 1. The summed E-state index contributed by atoms with van der Waals surface area (Å²) in [6.45, 7) is 7.81. The second-order valence-electron chi connectivity index (χ2n) is 10.9. The maximum atomic E-state index is 13.4. The van der Waals surface area contributed by atoms with Crippen LogP contribution in [0.4, 0.5) is 5.69 Å². The predicted octanol–water partition coefficient (Wildman–Crippen LogP) is 2.52. The molecule has 0 aromatic carbocycles. The Hall–Kier alpha value is -2.81. The molecule has 9 heteroatoms. The Morgan fingerprint density at radius 3 is 2.66 bits per heavy atom. The number of rotatable bonds is 9. The lowest BCUT2D eigenvalue weighted by Crippen LogP contribution is -2.51. The number of amides is 2. The van der Waals surface area contributed by atoms with E-state index in [0.29, 0.717) is 30.6 Å². The summed E-state index contributed by atoms with van der Waals surface area (Å²) < 4.78 is 0. The topological polar surface area (TPSA) is 135 Å². The Bertz CT molecular complexity index is 972. The maximum Gasteiger partial charge on any atom is 0.243 e. The molecule has 2 aliphatic rings. The molecule has 192 valence electrons. The van der Waals surface area contributed by atoms with Gasteiger partial charge in [-0.2, -0.15) is 0 Å². The van der Waals surface area contributed by atoms with Crippen LogP contribution in [0.15, 0.2) is 18.5 Å². The number of aliphatic hydroxyl groups is 1. The number of aliphatic hydroxyl groups excluding tert-OH is 1. The van der Waals surface area contributed by atoms with E-state index < -0.39 is 11.5 Å². The summed E-state index contributed by atoms with van der Waals surface area (Å²) in [5.74, 6) is -0.823. The Morgan fingerprint density at radius 2 is 2.03 bits per heavy atom. The van der Waals surface area contributed by atoms with E-state index in [1.54, 1.807) is 11.0 Å². The average molecular weight is 486 g/mol. The molecule has 0 bridgehead atoms. The van der Waals surface area contributed by atoms with Gasteiger partial charge in [-0.15, -0.1) is 0 Å². The highest BCUT2D eigenvalue weighted by molar-refractivity contribution is 6.45. The number of nitrogens with zero attached hydrogens (tertiary/aromatic N) is 2. The lowest BCUT2D eigenvalue weighted by molar-refractivity contribution is -0.137. The predicted molar refractivity (Wildman–Crippen MR) is 134 cm³/mol. The highest BCUT2D eigenvalue weighted by Gasteiger charge is 2.47. The molecule has 3 rings (SSSR count). The normalized spacial score (nSPS) is 25.7. The molecular formula is C26H39N5O4. The fraction of sp³-hybridized carbons (Fsp3) is 0.654. The minimum atomic E-state index is -0.648. The Balaban J connectivity index is 1.74. The van der Waals surface area contributed by atoms with Gasteiger partial charge in [0, 0.05) is 36.7 Å². The van der Waals surface area contributed by atoms with Crippen molar-refractivity contribution in [1.29, 1.82) is 5.41 Å². The first-order valence-electron chi connectivity index (χ1n) is 12.5. The molecule has 1 aromatic heterocycles. The molecule has 1 aliphatic carbocycles. The van der Waals surface area contributed by atoms with Crippen molar-refractivity contribution in [3.63, 3.8) is 0 Å². The number of hydrogen-bond donors (Lipinski definition) is 4. The highest BCUT2D eigenvalue weighted by atomic mass is 16.3. The number of hydrogen-bond acceptors (Lipinski definition) is 7. The fourth-order valence-corrected chi connectivity index (χ4v) is 5.37. The van der Waals surface area contributed by atoms with Gasteiger partial charge < -0.3 is 20.6 Å². The van der Waals surface area contributed by atoms with Gasteiger partial charge in [-0.25, -0.2) is 0 Å². The molecule has 0 spiro atoms. The molecule has 0 radical (unpaired) electrons. The zero-order chi connectivity index (χ0) is 25.8. The first-order valence-corrected chi connectivity index (χ1v) is 12.5. The van der Waals surface area contributed by atoms with Gasteiger partial charge in [-0.05, 0) is 43.6 Å². The van der Waals surface area contributed by atoms with Gasteiger partial charge >= 0.3 is 0 Å². The SMILES string of the molecule is CCC1(CO)CC(C(=O)NC2CCCC(C)(C)C2)N(C(=O)CNc2cnccc2C(=N)C(C)=O)C1. The van der Waals surface area contributed by atoms with Crippen LogP contribution in [0.3, 0.4) is 0 Å². The molecule has 3 atom stereocenters. The van der Waals surface area contributed by atoms with E-state index >= 15 is 0 Å². The lowest BCUT2D eigenvalue weighted by atomic mass is 9.75. The number of carbonyl (C=O) groups is 3. The maximum absolute atomic E-state index is 13.4. The molecular weight excluding hydrogens is 446 g/mol. The van der Waals surface area contributed by atoms with Gasteiger partial charge in [0.1, 0.15) is 11.8 Å². The Kier molecular flexibility index (Phi) is 8.30. The van der Waals surface area contributed by atoms with Crippen LogP contribution in [0.25, 0.3) is 0 Å². The van der Waals surface area contributed by atoms with Crippen molar-refractivity contribution in [2.75, 3.05) is 25.0 Å². The molecule has 3 unspecified atom stereocenters. The molecule has 1 saturated heterocycles. The molecule has 2 fully saturated rings. The second kappa shape index (κ2) is 10.8. The van der Waals surface area contributed by atoms with E-state index in [4.69, 9.17) is 5.41 Å². The van der Waals surface area contributed by atoms with E-state index in [1.165, 1.54) is 19.3 Å². The zero-order valence-corrected chi connectivity index (χ0v) is 21.3. The van der Waals surface area contributed by atoms with Crippen molar-refractivity contribution in [3.05, 3.63) is 24.0 Å². The molecule has 2 heterocycles. The summed E-state index contributed by atoms with van der Waals surface area (Å²) in [5.41, 5.74) is 0.281. The van der Waals surface area contributed by atoms with E-state index in [9.17, 15) is 19.5 Å². The van der Waals surface area contributed by atoms with Crippen LogP contribution in [0.5, 0.6) is 0 Å². The second-order valence-corrected chi connectivity index (χ2v) is 10.9. The van der Waals surface area contributed by atoms with Gasteiger partial charge in [0.05, 0.1) is 25.0 Å². The van der Waals surface area contributed by atoms with E-state index in [-0.39, 0.29) is 47.9 Å². The van der Waals surface area contributed by atoms with Crippen LogP contribution >= 0.6 is 0 Å². The summed E-state index contributed by atoms with van der Waals surface area (Å²) in [4.78, 5) is 44.0. The summed E-state index contributed by atoms with van der Waals surface area (Å²) in [5, 5.41) is 24.3. The van der Waals surface area contributed by atoms with Crippen molar-refractivity contribution in [1.82, 2.24) is 15.2 Å². The summed E-state index contributed by atoms with van der Waals surface area (Å²) in [6.07, 6.45) is 8.08. The summed E-state index contributed by atoms with van der Waals surface area (Å²) in [7, 11) is 0. The zero-order valence-electron chi connectivity index (χ0n) is 21.3. The number of aromatic nitrogens is 1. The number of nitrogens with one attached hydrogen (secondary N) is 3. The quantitative estimate of drug-likeness (QED) is 0.397.